The van der Waals surface area contributed by atoms with E-state index in [1.54, 1.807) is 13.4 Å². The van der Waals surface area contributed by atoms with E-state index in [1.165, 1.54) is 5.56 Å². The van der Waals surface area contributed by atoms with Gasteiger partial charge in [0.25, 0.3) is 0 Å². The van der Waals surface area contributed by atoms with Crippen LogP contribution in [0.25, 0.3) is 10.9 Å². The molecule has 1 N–H and O–H groups in total. The molecule has 0 radical (unpaired) electrons. The molecule has 0 spiro atoms. The zero-order chi connectivity index (χ0) is 17.8. The number of para-hydroxylation sites is 1. The highest BCUT2D eigenvalue weighted by molar-refractivity contribution is 5.88. The summed E-state index contributed by atoms with van der Waals surface area (Å²) < 4.78 is 5.29. The molecule has 0 bridgehead atoms. The standard InChI is InChI=1S/C22H19N3O/c1-26-18-13-11-17(12-14-18)21(16-7-3-2-4-8-16)25-22-19-9-5-6-10-20(19)23-15-24-22/h2-15,21H,1H3,(H,23,24,25)/t21-/m0/s1. The van der Waals surface area contributed by atoms with Crippen LogP contribution in [0, 0.1) is 0 Å². The molecule has 0 amide bonds. The van der Waals surface area contributed by atoms with Crippen molar-refractivity contribution in [1.82, 2.24) is 9.97 Å². The number of rotatable bonds is 5. The van der Waals surface area contributed by atoms with Gasteiger partial charge in [-0.3, -0.25) is 0 Å². The van der Waals surface area contributed by atoms with Gasteiger partial charge in [0.05, 0.1) is 18.7 Å². The summed E-state index contributed by atoms with van der Waals surface area (Å²) in [4.78, 5) is 8.83. The minimum absolute atomic E-state index is 0.0274. The lowest BCUT2D eigenvalue weighted by Crippen LogP contribution is -2.13. The number of ether oxygens (including phenoxy) is 1. The lowest BCUT2D eigenvalue weighted by atomic mass is 9.98. The molecule has 0 saturated carbocycles. The fourth-order valence-corrected chi connectivity index (χ4v) is 3.06. The predicted octanol–water partition coefficient (Wildman–Crippen LogP) is 4.84. The molecule has 128 valence electrons. The van der Waals surface area contributed by atoms with Gasteiger partial charge >= 0.3 is 0 Å². The van der Waals surface area contributed by atoms with Crippen molar-refractivity contribution >= 4 is 16.7 Å². The van der Waals surface area contributed by atoms with E-state index in [0.717, 1.165) is 28.0 Å². The first-order valence-electron chi connectivity index (χ1n) is 8.50. The average molecular weight is 341 g/mol. The zero-order valence-electron chi connectivity index (χ0n) is 14.5. The summed E-state index contributed by atoms with van der Waals surface area (Å²) in [7, 11) is 1.68. The maximum atomic E-state index is 5.29. The molecule has 1 aromatic heterocycles. The van der Waals surface area contributed by atoms with Crippen molar-refractivity contribution < 1.29 is 4.74 Å². The first-order chi connectivity index (χ1) is 12.8. The van der Waals surface area contributed by atoms with Crippen LogP contribution in [-0.2, 0) is 0 Å². The lowest BCUT2D eigenvalue weighted by molar-refractivity contribution is 0.414. The van der Waals surface area contributed by atoms with Crippen LogP contribution < -0.4 is 10.1 Å². The number of fused-ring (bicyclic) bond motifs is 1. The maximum Gasteiger partial charge on any atom is 0.138 e. The minimum atomic E-state index is -0.0274. The molecule has 4 aromatic rings. The smallest absolute Gasteiger partial charge is 0.138 e. The minimum Gasteiger partial charge on any atom is -0.497 e. The molecule has 0 saturated heterocycles. The Morgan fingerprint density at radius 2 is 1.46 bits per heavy atom. The summed E-state index contributed by atoms with van der Waals surface area (Å²) in [5, 5.41) is 4.60. The van der Waals surface area contributed by atoms with Gasteiger partial charge in [0, 0.05) is 5.39 Å². The zero-order valence-corrected chi connectivity index (χ0v) is 14.5. The van der Waals surface area contributed by atoms with Crippen molar-refractivity contribution in [3.63, 3.8) is 0 Å². The Labute approximate surface area is 152 Å². The van der Waals surface area contributed by atoms with E-state index >= 15 is 0 Å². The SMILES string of the molecule is COc1ccc([C@@H](Nc2ncnc3ccccc23)c2ccccc2)cc1. The third kappa shape index (κ3) is 3.22. The number of hydrogen-bond donors (Lipinski definition) is 1. The third-order valence-electron chi connectivity index (χ3n) is 4.41. The molecule has 1 heterocycles. The van der Waals surface area contributed by atoms with E-state index < -0.39 is 0 Å². The Morgan fingerprint density at radius 3 is 2.23 bits per heavy atom. The summed E-state index contributed by atoms with van der Waals surface area (Å²) in [5.41, 5.74) is 3.23. The van der Waals surface area contributed by atoms with E-state index in [1.807, 2.05) is 54.6 Å². The van der Waals surface area contributed by atoms with Gasteiger partial charge in [-0.15, -0.1) is 0 Å². The molecule has 1 atom stereocenters. The summed E-state index contributed by atoms with van der Waals surface area (Å²) in [6.45, 7) is 0. The summed E-state index contributed by atoms with van der Waals surface area (Å²) in [5.74, 6) is 1.66. The van der Waals surface area contributed by atoms with Crippen molar-refractivity contribution in [2.24, 2.45) is 0 Å². The second-order valence-corrected chi connectivity index (χ2v) is 6.00. The normalized spacial score (nSPS) is 11.9. The summed E-state index contributed by atoms with van der Waals surface area (Å²) >= 11 is 0. The number of nitrogens with zero attached hydrogens (tertiary/aromatic N) is 2. The fourth-order valence-electron chi connectivity index (χ4n) is 3.06. The predicted molar refractivity (Wildman–Crippen MR) is 104 cm³/mol. The van der Waals surface area contributed by atoms with Crippen molar-refractivity contribution in [3.05, 3.63) is 96.3 Å². The fraction of sp³-hybridized carbons (Fsp3) is 0.0909. The Balaban J connectivity index is 1.77. The van der Waals surface area contributed by atoms with Crippen LogP contribution in [-0.4, -0.2) is 17.1 Å². The van der Waals surface area contributed by atoms with Gasteiger partial charge in [-0.2, -0.15) is 0 Å². The Kier molecular flexibility index (Phi) is 4.48. The molecule has 0 fully saturated rings. The van der Waals surface area contributed by atoms with E-state index in [2.05, 4.69) is 39.6 Å². The quantitative estimate of drug-likeness (QED) is 0.564. The van der Waals surface area contributed by atoms with Gasteiger partial charge in [0.1, 0.15) is 17.9 Å². The molecular formula is C22H19N3O. The van der Waals surface area contributed by atoms with E-state index in [0.29, 0.717) is 0 Å². The van der Waals surface area contributed by atoms with Crippen molar-refractivity contribution in [2.75, 3.05) is 12.4 Å². The molecule has 0 aliphatic carbocycles. The molecule has 26 heavy (non-hydrogen) atoms. The molecule has 0 aliphatic heterocycles. The second-order valence-electron chi connectivity index (χ2n) is 6.00. The van der Waals surface area contributed by atoms with Crippen LogP contribution >= 0.6 is 0 Å². The number of hydrogen-bond acceptors (Lipinski definition) is 4. The van der Waals surface area contributed by atoms with Gasteiger partial charge in [0.2, 0.25) is 0 Å². The largest absolute Gasteiger partial charge is 0.497 e. The van der Waals surface area contributed by atoms with Crippen LogP contribution in [0.3, 0.4) is 0 Å². The average Bonchev–Trinajstić information content (AvgIpc) is 2.73. The first kappa shape index (κ1) is 16.1. The molecule has 4 nitrogen and oxygen atoms in total. The molecule has 4 rings (SSSR count). The molecule has 0 unspecified atom stereocenters. The van der Waals surface area contributed by atoms with Gasteiger partial charge in [0.15, 0.2) is 0 Å². The number of nitrogens with one attached hydrogen (secondary N) is 1. The Morgan fingerprint density at radius 1 is 0.769 bits per heavy atom. The van der Waals surface area contributed by atoms with Gasteiger partial charge in [-0.1, -0.05) is 54.6 Å². The number of benzene rings is 3. The molecular weight excluding hydrogens is 322 g/mol. The van der Waals surface area contributed by atoms with Gasteiger partial charge in [-0.25, -0.2) is 9.97 Å². The van der Waals surface area contributed by atoms with Crippen LogP contribution in [0.4, 0.5) is 5.82 Å². The molecule has 3 aromatic carbocycles. The maximum absolute atomic E-state index is 5.29. The van der Waals surface area contributed by atoms with Crippen molar-refractivity contribution in [3.8, 4) is 5.75 Å². The van der Waals surface area contributed by atoms with Crippen LogP contribution in [0.2, 0.25) is 0 Å². The summed E-state index contributed by atoms with van der Waals surface area (Å²) in [6.07, 6.45) is 1.60. The van der Waals surface area contributed by atoms with Crippen LogP contribution in [0.15, 0.2) is 85.2 Å². The van der Waals surface area contributed by atoms with Crippen LogP contribution in [0.1, 0.15) is 17.2 Å². The Hall–Kier alpha value is -3.40. The molecule has 4 heteroatoms. The van der Waals surface area contributed by atoms with E-state index in [9.17, 15) is 0 Å². The van der Waals surface area contributed by atoms with Gasteiger partial charge in [-0.05, 0) is 35.4 Å². The van der Waals surface area contributed by atoms with Crippen LogP contribution in [0.5, 0.6) is 5.75 Å². The highest BCUT2D eigenvalue weighted by atomic mass is 16.5. The van der Waals surface area contributed by atoms with E-state index in [4.69, 9.17) is 4.74 Å². The topological polar surface area (TPSA) is 47.0 Å². The lowest BCUT2D eigenvalue weighted by Gasteiger charge is -2.21. The van der Waals surface area contributed by atoms with Crippen molar-refractivity contribution in [1.29, 1.82) is 0 Å². The summed E-state index contributed by atoms with van der Waals surface area (Å²) in [6, 6.07) is 26.4. The monoisotopic (exact) mass is 341 g/mol. The highest BCUT2D eigenvalue weighted by Crippen LogP contribution is 2.29. The number of methoxy groups -OCH3 is 1. The highest BCUT2D eigenvalue weighted by Gasteiger charge is 2.16. The molecule has 0 aliphatic rings. The second kappa shape index (κ2) is 7.23. The number of aromatic nitrogens is 2. The van der Waals surface area contributed by atoms with E-state index in [-0.39, 0.29) is 6.04 Å². The first-order valence-corrected chi connectivity index (χ1v) is 8.50. The Bertz CT molecular complexity index is 995. The number of anilines is 1. The van der Waals surface area contributed by atoms with Gasteiger partial charge < -0.3 is 10.1 Å². The third-order valence-corrected chi connectivity index (χ3v) is 4.41. The van der Waals surface area contributed by atoms with Crippen molar-refractivity contribution in [2.45, 2.75) is 6.04 Å².